The van der Waals surface area contributed by atoms with Crippen molar-refractivity contribution in [2.24, 2.45) is 13.0 Å². The van der Waals surface area contributed by atoms with Crippen LogP contribution in [0.15, 0.2) is 24.8 Å². The number of fused-ring (bicyclic) bond motifs is 1. The van der Waals surface area contributed by atoms with E-state index in [1.807, 2.05) is 19.3 Å². The summed E-state index contributed by atoms with van der Waals surface area (Å²) in [5.41, 5.74) is 2.64. The minimum Gasteiger partial charge on any atom is -0.347 e. The van der Waals surface area contributed by atoms with Gasteiger partial charge < -0.3 is 9.88 Å². The summed E-state index contributed by atoms with van der Waals surface area (Å²) in [7, 11) is 1.84. The van der Waals surface area contributed by atoms with Crippen molar-refractivity contribution >= 4 is 39.9 Å². The van der Waals surface area contributed by atoms with Gasteiger partial charge in [0.05, 0.1) is 17.9 Å². The zero-order valence-corrected chi connectivity index (χ0v) is 21.0. The highest BCUT2D eigenvalue weighted by atomic mass is 35.5. The number of rotatable bonds is 6. The average molecular weight is 499 g/mol. The van der Waals surface area contributed by atoms with E-state index in [1.54, 1.807) is 11.0 Å². The van der Waals surface area contributed by atoms with Gasteiger partial charge in [0, 0.05) is 25.6 Å². The van der Waals surface area contributed by atoms with Crippen LogP contribution in [0.3, 0.4) is 0 Å². The molecule has 11 heteroatoms. The second kappa shape index (κ2) is 9.42. The Kier molecular flexibility index (Phi) is 6.35. The van der Waals surface area contributed by atoms with Crippen molar-refractivity contribution in [1.29, 1.82) is 0 Å². The highest BCUT2D eigenvalue weighted by molar-refractivity contribution is 7.17. The predicted octanol–water partition coefficient (Wildman–Crippen LogP) is 4.45. The quantitative estimate of drug-likeness (QED) is 0.421. The van der Waals surface area contributed by atoms with Gasteiger partial charge in [-0.05, 0) is 37.7 Å². The first-order valence-corrected chi connectivity index (χ1v) is 12.7. The van der Waals surface area contributed by atoms with Crippen molar-refractivity contribution in [2.45, 2.75) is 58.0 Å². The SMILES string of the molecule is CC(C)Cc1nc2cnc(-c3ncn(C)n3)cc2n1[C@@H]1CCC[C@H](NC(=O)c2ncc(Cl)s2)C1. The molecule has 1 aliphatic rings. The van der Waals surface area contributed by atoms with E-state index in [1.165, 1.54) is 17.5 Å². The number of carbonyl (C=O) groups is 1. The van der Waals surface area contributed by atoms with Gasteiger partial charge in [-0.25, -0.2) is 15.0 Å². The Bertz CT molecular complexity index is 1330. The normalized spacial score (nSPS) is 18.6. The van der Waals surface area contributed by atoms with Crippen molar-refractivity contribution in [1.82, 2.24) is 39.6 Å². The number of thiazole rings is 1. The molecule has 1 saturated carbocycles. The monoisotopic (exact) mass is 498 g/mol. The van der Waals surface area contributed by atoms with Crippen LogP contribution in [0.4, 0.5) is 0 Å². The second-order valence-electron chi connectivity index (χ2n) is 9.26. The minimum atomic E-state index is -0.159. The van der Waals surface area contributed by atoms with Gasteiger partial charge in [-0.1, -0.05) is 36.8 Å². The molecular weight excluding hydrogens is 472 g/mol. The van der Waals surface area contributed by atoms with Crippen LogP contribution >= 0.6 is 22.9 Å². The minimum absolute atomic E-state index is 0.0667. The van der Waals surface area contributed by atoms with E-state index in [2.05, 4.69) is 43.8 Å². The van der Waals surface area contributed by atoms with Gasteiger partial charge in [0.25, 0.3) is 5.91 Å². The van der Waals surface area contributed by atoms with Crippen LogP contribution in [0.1, 0.15) is 61.2 Å². The van der Waals surface area contributed by atoms with Gasteiger partial charge in [0.15, 0.2) is 10.8 Å². The number of nitrogens with one attached hydrogen (secondary N) is 1. The molecular formula is C23H27ClN8OS. The van der Waals surface area contributed by atoms with Crippen LogP contribution in [-0.2, 0) is 13.5 Å². The number of hydrogen-bond donors (Lipinski definition) is 1. The lowest BCUT2D eigenvalue weighted by Gasteiger charge is -2.32. The Morgan fingerprint density at radius 2 is 2.12 bits per heavy atom. The fourth-order valence-corrected chi connectivity index (χ4v) is 5.50. The van der Waals surface area contributed by atoms with Crippen LogP contribution in [0.5, 0.6) is 0 Å². The molecule has 0 spiro atoms. The Morgan fingerprint density at radius 3 is 2.82 bits per heavy atom. The number of aromatic nitrogens is 7. The number of aryl methyl sites for hydroxylation is 1. The molecule has 1 aliphatic carbocycles. The maximum absolute atomic E-state index is 12.7. The fourth-order valence-electron chi connectivity index (χ4n) is 4.68. The van der Waals surface area contributed by atoms with E-state index in [4.69, 9.17) is 16.6 Å². The van der Waals surface area contributed by atoms with Gasteiger partial charge in [-0.3, -0.25) is 14.5 Å². The largest absolute Gasteiger partial charge is 0.347 e. The van der Waals surface area contributed by atoms with Crippen molar-refractivity contribution in [2.75, 3.05) is 0 Å². The molecule has 4 aromatic heterocycles. The van der Waals surface area contributed by atoms with Crippen molar-refractivity contribution in [3.8, 4) is 11.5 Å². The lowest BCUT2D eigenvalue weighted by Crippen LogP contribution is -2.39. The first-order valence-electron chi connectivity index (χ1n) is 11.5. The summed E-state index contributed by atoms with van der Waals surface area (Å²) in [6.45, 7) is 4.41. The molecule has 1 N–H and O–H groups in total. The Morgan fingerprint density at radius 1 is 1.26 bits per heavy atom. The van der Waals surface area contributed by atoms with Crippen LogP contribution in [0.25, 0.3) is 22.6 Å². The highest BCUT2D eigenvalue weighted by Gasteiger charge is 2.29. The second-order valence-corrected chi connectivity index (χ2v) is 10.9. The molecule has 0 aliphatic heterocycles. The van der Waals surface area contributed by atoms with Gasteiger partial charge in [-0.15, -0.1) is 5.10 Å². The number of halogens is 1. The molecule has 9 nitrogen and oxygen atoms in total. The maximum atomic E-state index is 12.7. The molecule has 1 fully saturated rings. The first kappa shape index (κ1) is 22.9. The molecule has 0 saturated heterocycles. The number of imidazole rings is 1. The smallest absolute Gasteiger partial charge is 0.280 e. The van der Waals surface area contributed by atoms with E-state index < -0.39 is 0 Å². The molecule has 34 heavy (non-hydrogen) atoms. The molecule has 0 unspecified atom stereocenters. The predicted molar refractivity (Wildman–Crippen MR) is 132 cm³/mol. The topological polar surface area (TPSA) is 103 Å². The van der Waals surface area contributed by atoms with Crippen molar-refractivity contribution < 1.29 is 4.79 Å². The zero-order valence-electron chi connectivity index (χ0n) is 19.4. The van der Waals surface area contributed by atoms with Gasteiger partial charge in [-0.2, -0.15) is 0 Å². The van der Waals surface area contributed by atoms with Gasteiger partial charge in [0.2, 0.25) is 0 Å². The standard InChI is InChI=1S/C23H27ClN8OS/c1-13(2)7-20-29-17-10-25-16(21-27-12-31(3)30-21)9-18(17)32(20)15-6-4-5-14(8-15)28-22(33)23-26-11-19(24)34-23/h9-15H,4-8H2,1-3H3,(H,28,33)/t14-,15+/m0/s1. The summed E-state index contributed by atoms with van der Waals surface area (Å²) >= 11 is 7.16. The summed E-state index contributed by atoms with van der Waals surface area (Å²) < 4.78 is 4.55. The summed E-state index contributed by atoms with van der Waals surface area (Å²) in [5, 5.41) is 7.98. The third-order valence-corrected chi connectivity index (χ3v) is 7.20. The summed E-state index contributed by atoms with van der Waals surface area (Å²) in [6, 6.07) is 2.34. The van der Waals surface area contributed by atoms with Crippen LogP contribution in [0, 0.1) is 5.92 Å². The molecule has 178 valence electrons. The number of nitrogens with zero attached hydrogens (tertiary/aromatic N) is 7. The molecule has 0 bridgehead atoms. The number of amides is 1. The zero-order chi connectivity index (χ0) is 23.8. The Labute approximate surface area is 206 Å². The van der Waals surface area contributed by atoms with E-state index >= 15 is 0 Å². The molecule has 5 rings (SSSR count). The lowest BCUT2D eigenvalue weighted by molar-refractivity contribution is 0.0920. The van der Waals surface area contributed by atoms with Crippen molar-refractivity contribution in [3.63, 3.8) is 0 Å². The van der Waals surface area contributed by atoms with Crippen LogP contribution in [0.2, 0.25) is 4.34 Å². The van der Waals surface area contributed by atoms with Crippen LogP contribution < -0.4 is 5.32 Å². The first-order chi connectivity index (χ1) is 16.4. The van der Waals surface area contributed by atoms with E-state index in [0.29, 0.717) is 21.1 Å². The Balaban J connectivity index is 1.46. The third-order valence-electron chi connectivity index (χ3n) is 6.09. The van der Waals surface area contributed by atoms with Crippen LogP contribution in [-0.4, -0.2) is 46.2 Å². The lowest BCUT2D eigenvalue weighted by atomic mass is 9.90. The van der Waals surface area contributed by atoms with E-state index in [0.717, 1.165) is 54.7 Å². The van der Waals surface area contributed by atoms with Gasteiger partial charge in [0.1, 0.15) is 27.7 Å². The van der Waals surface area contributed by atoms with E-state index in [-0.39, 0.29) is 18.0 Å². The van der Waals surface area contributed by atoms with Gasteiger partial charge >= 0.3 is 0 Å². The molecule has 2 atom stereocenters. The fraction of sp³-hybridized carbons (Fsp3) is 0.478. The van der Waals surface area contributed by atoms with Crippen molar-refractivity contribution in [3.05, 3.63) is 40.0 Å². The highest BCUT2D eigenvalue weighted by Crippen LogP contribution is 2.34. The molecule has 0 radical (unpaired) electrons. The summed E-state index contributed by atoms with van der Waals surface area (Å²) in [5.74, 6) is 1.96. The third kappa shape index (κ3) is 4.69. The summed E-state index contributed by atoms with van der Waals surface area (Å²) in [4.78, 5) is 30.7. The average Bonchev–Trinajstić information content (AvgIpc) is 3.51. The molecule has 4 heterocycles. The number of carbonyl (C=O) groups excluding carboxylic acids is 1. The molecule has 0 aromatic carbocycles. The maximum Gasteiger partial charge on any atom is 0.280 e. The number of pyridine rings is 1. The summed E-state index contributed by atoms with van der Waals surface area (Å²) in [6.07, 6.45) is 9.71. The number of hydrogen-bond acceptors (Lipinski definition) is 7. The molecule has 4 aromatic rings. The van der Waals surface area contributed by atoms with E-state index in [9.17, 15) is 4.79 Å². The Hall–Kier alpha value is -2.85. The molecule has 1 amide bonds.